The molecule has 0 aliphatic carbocycles. The Kier molecular flexibility index (Phi) is 5.54. The molecule has 0 atom stereocenters. The summed E-state index contributed by atoms with van der Waals surface area (Å²) in [6, 6.07) is 0. The molecule has 2 aromatic carbocycles. The van der Waals surface area contributed by atoms with Gasteiger partial charge >= 0.3 is 0 Å². The monoisotopic (exact) mass is 719 g/mol. The molecule has 0 fully saturated rings. The lowest BCUT2D eigenvalue weighted by Gasteiger charge is -2.26. The van der Waals surface area contributed by atoms with Crippen LogP contribution >= 0.6 is 119 Å². The minimum Gasteiger partial charge on any atom is -0.447 e. The summed E-state index contributed by atoms with van der Waals surface area (Å²) in [7, 11) is 0. The van der Waals surface area contributed by atoms with Crippen molar-refractivity contribution in [1.82, 2.24) is 0 Å². The van der Waals surface area contributed by atoms with E-state index in [1.165, 1.54) is 0 Å². The van der Waals surface area contributed by atoms with E-state index in [4.69, 9.17) is 32.7 Å². The Morgan fingerprint density at radius 1 is 0.455 bits per heavy atom. The van der Waals surface area contributed by atoms with Gasteiger partial charge < -0.3 is 9.47 Å². The predicted molar refractivity (Wildman–Crippen MR) is 109 cm³/mol. The van der Waals surface area contributed by atoms with Crippen LogP contribution in [0.5, 0.6) is 23.0 Å². The molecule has 0 unspecified atom stereocenters. The van der Waals surface area contributed by atoms with Gasteiger partial charge in [0.1, 0.15) is 0 Å². The molecule has 0 saturated carbocycles. The molecular weight excluding hydrogens is 726 g/mol. The SMILES string of the molecule is Clc1c(Br)c(Br)c2c(c1Br)Oc1c(Br)c(Br)c(Cl)c(Br)c1O2. The van der Waals surface area contributed by atoms with Crippen LogP contribution in [-0.4, -0.2) is 0 Å². The Morgan fingerprint density at radius 3 is 1.05 bits per heavy atom. The molecule has 2 aromatic rings. The Balaban J connectivity index is 2.32. The summed E-state index contributed by atoms with van der Waals surface area (Å²) >= 11 is 33.1. The van der Waals surface area contributed by atoms with Gasteiger partial charge in [-0.1, -0.05) is 23.2 Å². The van der Waals surface area contributed by atoms with Gasteiger partial charge in [-0.3, -0.25) is 0 Å². The molecule has 10 heteroatoms. The van der Waals surface area contributed by atoms with Crippen molar-refractivity contribution < 1.29 is 9.47 Å². The van der Waals surface area contributed by atoms with Crippen molar-refractivity contribution >= 4 is 119 Å². The van der Waals surface area contributed by atoms with Crippen LogP contribution in [0.25, 0.3) is 0 Å². The Labute approximate surface area is 186 Å². The number of hydrogen-bond donors (Lipinski definition) is 0. The summed E-state index contributed by atoms with van der Waals surface area (Å²) < 4.78 is 15.8. The summed E-state index contributed by atoms with van der Waals surface area (Å²) in [6.45, 7) is 0. The molecule has 2 nitrogen and oxygen atoms in total. The van der Waals surface area contributed by atoms with Gasteiger partial charge in [0, 0.05) is 0 Å². The van der Waals surface area contributed by atoms with Crippen LogP contribution < -0.4 is 9.47 Å². The lowest BCUT2D eigenvalue weighted by Crippen LogP contribution is -2.03. The highest BCUT2D eigenvalue weighted by Gasteiger charge is 2.33. The molecule has 3 rings (SSSR count). The van der Waals surface area contributed by atoms with Crippen LogP contribution in [-0.2, 0) is 0 Å². The number of hydrogen-bond acceptors (Lipinski definition) is 2. The first-order valence-electron chi connectivity index (χ1n) is 5.33. The maximum Gasteiger partial charge on any atom is 0.187 e. The first-order valence-corrected chi connectivity index (χ1v) is 10.8. The third-order valence-corrected chi connectivity index (χ3v) is 10.1. The standard InChI is InChI=1S/C12Br6Cl2O2/c13-1-3(15)9-11(5(17)7(1)19)22-10-4(16)2(14)8(20)6(18)12(10)21-9. The summed E-state index contributed by atoms with van der Waals surface area (Å²) in [6.07, 6.45) is 0. The third-order valence-electron chi connectivity index (χ3n) is 2.77. The molecule has 1 aliphatic rings. The Bertz CT molecular complexity index is 704. The van der Waals surface area contributed by atoms with E-state index in [1.807, 2.05) is 0 Å². The summed E-state index contributed by atoms with van der Waals surface area (Å²) in [5.74, 6) is 1.91. The average Bonchev–Trinajstić information content (AvgIpc) is 2.52. The average molecular weight is 726 g/mol. The van der Waals surface area contributed by atoms with Gasteiger partial charge in [0.2, 0.25) is 0 Å². The van der Waals surface area contributed by atoms with E-state index in [9.17, 15) is 0 Å². The van der Waals surface area contributed by atoms with Crippen LogP contribution in [0.2, 0.25) is 10.0 Å². The minimum absolute atomic E-state index is 0.467. The zero-order chi connectivity index (χ0) is 16.3. The molecule has 0 spiro atoms. The normalized spacial score (nSPS) is 12.4. The van der Waals surface area contributed by atoms with E-state index in [0.29, 0.717) is 59.9 Å². The second kappa shape index (κ2) is 6.67. The maximum absolute atomic E-state index is 6.26. The smallest absolute Gasteiger partial charge is 0.187 e. The van der Waals surface area contributed by atoms with Gasteiger partial charge in [0.15, 0.2) is 23.0 Å². The molecule has 0 radical (unpaired) electrons. The minimum atomic E-state index is 0.467. The van der Waals surface area contributed by atoms with Crippen LogP contribution in [0.3, 0.4) is 0 Å². The molecular formula is C12Br6Cl2O2. The molecule has 1 heterocycles. The molecule has 22 heavy (non-hydrogen) atoms. The van der Waals surface area contributed by atoms with E-state index < -0.39 is 0 Å². The zero-order valence-electron chi connectivity index (χ0n) is 9.84. The van der Waals surface area contributed by atoms with Crippen LogP contribution in [0.15, 0.2) is 26.8 Å². The molecule has 1 aliphatic heterocycles. The van der Waals surface area contributed by atoms with Crippen molar-refractivity contribution in [3.8, 4) is 23.0 Å². The third kappa shape index (κ3) is 2.73. The number of ether oxygens (including phenoxy) is 2. The van der Waals surface area contributed by atoms with Crippen molar-refractivity contribution in [3.05, 3.63) is 36.9 Å². The highest BCUT2D eigenvalue weighted by atomic mass is 79.9. The molecule has 0 bridgehead atoms. The maximum atomic E-state index is 6.26. The number of fused-ring (bicyclic) bond motifs is 2. The van der Waals surface area contributed by atoms with E-state index in [-0.39, 0.29) is 0 Å². The van der Waals surface area contributed by atoms with E-state index in [0.717, 1.165) is 0 Å². The van der Waals surface area contributed by atoms with Crippen LogP contribution in [0.4, 0.5) is 0 Å². The number of benzene rings is 2. The van der Waals surface area contributed by atoms with Gasteiger partial charge in [-0.25, -0.2) is 0 Å². The summed E-state index contributed by atoms with van der Waals surface area (Å²) in [5.41, 5.74) is 0. The fourth-order valence-corrected chi connectivity index (χ4v) is 5.47. The number of halogens is 8. The largest absolute Gasteiger partial charge is 0.447 e. The second-order valence-electron chi connectivity index (χ2n) is 4.03. The molecule has 116 valence electrons. The number of rotatable bonds is 0. The van der Waals surface area contributed by atoms with Crippen molar-refractivity contribution in [3.63, 3.8) is 0 Å². The molecule has 0 N–H and O–H groups in total. The van der Waals surface area contributed by atoms with Gasteiger partial charge in [-0.05, 0) is 95.6 Å². The topological polar surface area (TPSA) is 18.5 Å². The summed E-state index contributed by atoms with van der Waals surface area (Å²) in [4.78, 5) is 0. The van der Waals surface area contributed by atoms with Crippen molar-refractivity contribution in [1.29, 1.82) is 0 Å². The first-order chi connectivity index (χ1) is 10.3. The van der Waals surface area contributed by atoms with E-state index >= 15 is 0 Å². The van der Waals surface area contributed by atoms with Crippen molar-refractivity contribution in [2.45, 2.75) is 0 Å². The molecule has 0 aromatic heterocycles. The quantitative estimate of drug-likeness (QED) is 0.170. The van der Waals surface area contributed by atoms with Gasteiger partial charge in [0.05, 0.1) is 36.9 Å². The predicted octanol–water partition coefficient (Wildman–Crippen LogP) is 9.47. The second-order valence-corrected chi connectivity index (χ2v) is 9.55. The fraction of sp³-hybridized carbons (Fsp3) is 0. The molecule has 0 amide bonds. The van der Waals surface area contributed by atoms with E-state index in [2.05, 4.69) is 95.6 Å². The summed E-state index contributed by atoms with van der Waals surface area (Å²) in [5, 5.41) is 0.946. The van der Waals surface area contributed by atoms with Gasteiger partial charge in [0.25, 0.3) is 0 Å². The highest BCUT2D eigenvalue weighted by molar-refractivity contribution is 9.13. The van der Waals surface area contributed by atoms with Gasteiger partial charge in [-0.15, -0.1) is 0 Å². The Morgan fingerprint density at radius 2 is 0.727 bits per heavy atom. The van der Waals surface area contributed by atoms with Crippen LogP contribution in [0, 0.1) is 0 Å². The zero-order valence-corrected chi connectivity index (χ0v) is 20.9. The van der Waals surface area contributed by atoms with Crippen LogP contribution in [0.1, 0.15) is 0 Å². The lowest BCUT2D eigenvalue weighted by atomic mass is 10.2. The van der Waals surface area contributed by atoms with Crippen molar-refractivity contribution in [2.24, 2.45) is 0 Å². The lowest BCUT2D eigenvalue weighted by molar-refractivity contribution is 0.352. The fourth-order valence-electron chi connectivity index (χ4n) is 1.75. The van der Waals surface area contributed by atoms with Gasteiger partial charge in [-0.2, -0.15) is 0 Å². The van der Waals surface area contributed by atoms with Crippen molar-refractivity contribution in [2.75, 3.05) is 0 Å². The van der Waals surface area contributed by atoms with E-state index in [1.54, 1.807) is 0 Å². The Hall–Kier alpha value is 1.50. The first kappa shape index (κ1) is 18.3. The molecule has 0 saturated heterocycles. The highest BCUT2D eigenvalue weighted by Crippen LogP contribution is 2.61.